The number of halogens is 3. The molecular weight excluding hydrogens is 603 g/mol. The molecule has 0 radical (unpaired) electrons. The third kappa shape index (κ3) is 6.43. The lowest BCUT2D eigenvalue weighted by Crippen LogP contribution is -2.47. The summed E-state index contributed by atoms with van der Waals surface area (Å²) in [5, 5.41) is 6.31. The molecule has 3 aliphatic rings. The number of aromatic nitrogens is 4. The molecule has 0 spiro atoms. The molecule has 3 N–H and O–H groups in total. The molecule has 2 amide bonds. The standard InChI is InChI=1S/C32H38F3N7O4/c1-39-29-20(4-2-6-24(29)42(32(39)45)25-11-12-27(43)37-31(25)44)5-3-15-46-26-13-14-40(17-22(26)33)16-19-7-9-21(10-8-19)41-18-23(36)28(38-41)30(34)35/h2,4,6,18-19,21-22,25-26,30H,7-17,36H2,1H3,(H,37,43,44)/t19?,21?,22-,25?,26-/m0/s1. The molecule has 46 heavy (non-hydrogen) atoms. The van der Waals surface area contributed by atoms with Crippen molar-refractivity contribution in [1.82, 2.24) is 29.1 Å². The van der Waals surface area contributed by atoms with Crippen molar-refractivity contribution in [3.8, 4) is 11.8 Å². The molecular formula is C32H38F3N7O4. The van der Waals surface area contributed by atoms with Gasteiger partial charge in [0.25, 0.3) is 6.43 Å². The fraction of sp³-hybridized carbons (Fsp3) is 0.562. The van der Waals surface area contributed by atoms with Crippen LogP contribution < -0.4 is 16.7 Å². The van der Waals surface area contributed by atoms with Crippen LogP contribution in [0.3, 0.4) is 0 Å². The van der Waals surface area contributed by atoms with Crippen LogP contribution in [0.25, 0.3) is 11.0 Å². The van der Waals surface area contributed by atoms with Crippen molar-refractivity contribution in [3.05, 3.63) is 46.1 Å². The summed E-state index contributed by atoms with van der Waals surface area (Å²) in [6, 6.07) is 4.54. The van der Waals surface area contributed by atoms with E-state index >= 15 is 4.39 Å². The zero-order valence-electron chi connectivity index (χ0n) is 25.6. The molecule has 1 saturated carbocycles. The molecule has 0 bridgehead atoms. The fourth-order valence-corrected chi connectivity index (χ4v) is 7.08. The van der Waals surface area contributed by atoms with Gasteiger partial charge in [0, 0.05) is 39.3 Å². The average molecular weight is 642 g/mol. The van der Waals surface area contributed by atoms with Crippen molar-refractivity contribution in [2.24, 2.45) is 13.0 Å². The first kappa shape index (κ1) is 31.9. The van der Waals surface area contributed by atoms with E-state index in [-0.39, 0.29) is 55.0 Å². The van der Waals surface area contributed by atoms with Gasteiger partial charge in [-0.15, -0.1) is 0 Å². The maximum Gasteiger partial charge on any atom is 0.329 e. The van der Waals surface area contributed by atoms with Gasteiger partial charge in [-0.25, -0.2) is 18.0 Å². The number of anilines is 1. The SMILES string of the molecule is Cn1c(=O)n(C2CCC(=O)NC2=O)c2cccc(C#CCO[C@H]3CCN(CC4CCC(n5cc(N)c(C(F)F)n5)CC4)C[C@@H]3F)c21. The molecule has 1 unspecified atom stereocenters. The fourth-order valence-electron chi connectivity index (χ4n) is 7.08. The number of benzene rings is 1. The molecule has 246 valence electrons. The van der Waals surface area contributed by atoms with Crippen LogP contribution >= 0.6 is 0 Å². The number of amides is 2. The van der Waals surface area contributed by atoms with Gasteiger partial charge in [-0.1, -0.05) is 17.9 Å². The summed E-state index contributed by atoms with van der Waals surface area (Å²) in [5.74, 6) is 5.55. The Balaban J connectivity index is 1.00. The molecule has 2 saturated heterocycles. The predicted molar refractivity (Wildman–Crippen MR) is 164 cm³/mol. The molecule has 3 aromatic rings. The smallest absolute Gasteiger partial charge is 0.329 e. The van der Waals surface area contributed by atoms with Gasteiger partial charge in [0.1, 0.15) is 18.8 Å². The van der Waals surface area contributed by atoms with Gasteiger partial charge in [0.15, 0.2) is 5.69 Å². The van der Waals surface area contributed by atoms with Crippen LogP contribution in [0.5, 0.6) is 0 Å². The van der Waals surface area contributed by atoms with Crippen molar-refractivity contribution in [2.75, 3.05) is 32.0 Å². The number of alkyl halides is 3. The van der Waals surface area contributed by atoms with E-state index in [1.54, 1.807) is 29.9 Å². The summed E-state index contributed by atoms with van der Waals surface area (Å²) >= 11 is 0. The number of piperidine rings is 2. The van der Waals surface area contributed by atoms with Crippen molar-refractivity contribution < 1.29 is 27.5 Å². The van der Waals surface area contributed by atoms with E-state index in [4.69, 9.17) is 10.5 Å². The highest BCUT2D eigenvalue weighted by atomic mass is 19.3. The lowest BCUT2D eigenvalue weighted by molar-refractivity contribution is -0.135. The van der Waals surface area contributed by atoms with Crippen LogP contribution in [0.2, 0.25) is 0 Å². The maximum absolute atomic E-state index is 15.1. The first-order valence-electron chi connectivity index (χ1n) is 15.7. The highest BCUT2D eigenvalue weighted by Gasteiger charge is 2.33. The van der Waals surface area contributed by atoms with E-state index in [1.165, 1.54) is 15.3 Å². The molecule has 1 aliphatic carbocycles. The number of imide groups is 1. The third-order valence-corrected chi connectivity index (χ3v) is 9.49. The van der Waals surface area contributed by atoms with Crippen molar-refractivity contribution in [2.45, 2.75) is 75.7 Å². The van der Waals surface area contributed by atoms with Crippen LogP contribution in [0.4, 0.5) is 18.9 Å². The summed E-state index contributed by atoms with van der Waals surface area (Å²) in [7, 11) is 1.61. The Morgan fingerprint density at radius 2 is 1.91 bits per heavy atom. The number of fused-ring (bicyclic) bond motifs is 1. The van der Waals surface area contributed by atoms with Crippen LogP contribution in [-0.4, -0.2) is 74.1 Å². The number of ether oxygens (including phenoxy) is 1. The summed E-state index contributed by atoms with van der Waals surface area (Å²) in [5.41, 5.74) is 6.68. The number of likely N-dealkylation sites (tertiary alicyclic amines) is 1. The molecule has 2 aromatic heterocycles. The van der Waals surface area contributed by atoms with Gasteiger partial charge in [-0.3, -0.25) is 33.6 Å². The molecule has 3 atom stereocenters. The zero-order chi connectivity index (χ0) is 32.5. The van der Waals surface area contributed by atoms with Gasteiger partial charge in [0.2, 0.25) is 11.8 Å². The first-order chi connectivity index (χ1) is 22.1. The number of carbonyl (C=O) groups excluding carboxylic acids is 2. The Hall–Kier alpha value is -4.09. The van der Waals surface area contributed by atoms with Gasteiger partial charge in [-0.2, -0.15) is 5.10 Å². The minimum absolute atomic E-state index is 0.0215. The first-order valence-corrected chi connectivity index (χ1v) is 15.7. The van der Waals surface area contributed by atoms with Gasteiger partial charge >= 0.3 is 5.69 Å². The second-order valence-electron chi connectivity index (χ2n) is 12.5. The zero-order valence-corrected chi connectivity index (χ0v) is 25.6. The Bertz CT molecular complexity index is 1730. The van der Waals surface area contributed by atoms with Crippen molar-refractivity contribution in [1.29, 1.82) is 0 Å². The third-order valence-electron chi connectivity index (χ3n) is 9.49. The number of nitrogens with zero attached hydrogens (tertiary/aromatic N) is 5. The molecule has 3 fully saturated rings. The summed E-state index contributed by atoms with van der Waals surface area (Å²) in [6.07, 6.45) is 1.48. The summed E-state index contributed by atoms with van der Waals surface area (Å²) in [4.78, 5) is 39.3. The Morgan fingerprint density at radius 3 is 2.61 bits per heavy atom. The van der Waals surface area contributed by atoms with E-state index in [0.717, 1.165) is 32.2 Å². The second-order valence-corrected chi connectivity index (χ2v) is 12.5. The monoisotopic (exact) mass is 641 g/mol. The Labute approximate surface area is 263 Å². The number of nitrogens with two attached hydrogens (primary N) is 1. The van der Waals surface area contributed by atoms with Crippen LogP contribution in [-0.2, 0) is 21.4 Å². The maximum atomic E-state index is 15.1. The Kier molecular flexibility index (Phi) is 9.24. The average Bonchev–Trinajstić information content (AvgIpc) is 3.54. The normalized spacial score (nSPS) is 25.9. The second kappa shape index (κ2) is 13.3. The number of nitrogens with one attached hydrogen (secondary N) is 1. The largest absolute Gasteiger partial charge is 0.396 e. The number of carbonyl (C=O) groups is 2. The summed E-state index contributed by atoms with van der Waals surface area (Å²) in [6.45, 7) is 1.80. The van der Waals surface area contributed by atoms with Gasteiger partial charge in [0.05, 0.1) is 34.4 Å². The van der Waals surface area contributed by atoms with Crippen molar-refractivity contribution in [3.63, 3.8) is 0 Å². The van der Waals surface area contributed by atoms with E-state index in [9.17, 15) is 23.2 Å². The molecule has 4 heterocycles. The van der Waals surface area contributed by atoms with Crippen LogP contribution in [0, 0.1) is 17.8 Å². The van der Waals surface area contributed by atoms with Crippen molar-refractivity contribution >= 4 is 28.5 Å². The minimum atomic E-state index is -2.69. The highest BCUT2D eigenvalue weighted by Crippen LogP contribution is 2.35. The van der Waals surface area contributed by atoms with E-state index in [1.807, 2.05) is 0 Å². The number of imidazole rings is 1. The molecule has 1 aromatic carbocycles. The van der Waals surface area contributed by atoms with E-state index in [0.29, 0.717) is 35.5 Å². The minimum Gasteiger partial charge on any atom is -0.396 e. The molecule has 14 heteroatoms. The number of rotatable bonds is 7. The summed E-state index contributed by atoms with van der Waals surface area (Å²) < 4.78 is 51.5. The van der Waals surface area contributed by atoms with Crippen LogP contribution in [0.15, 0.2) is 29.2 Å². The van der Waals surface area contributed by atoms with Crippen LogP contribution in [0.1, 0.15) is 74.7 Å². The number of nitrogen functional groups attached to an aromatic ring is 1. The molecule has 6 rings (SSSR count). The molecule has 11 nitrogen and oxygen atoms in total. The highest BCUT2D eigenvalue weighted by molar-refractivity contribution is 6.00. The number of hydrogen-bond donors (Lipinski definition) is 2. The molecule has 2 aliphatic heterocycles. The van der Waals surface area contributed by atoms with Gasteiger partial charge in [-0.05, 0) is 56.6 Å². The lowest BCUT2D eigenvalue weighted by Gasteiger charge is -2.38. The predicted octanol–water partition coefficient (Wildman–Crippen LogP) is 3.25. The Morgan fingerprint density at radius 1 is 1.13 bits per heavy atom. The number of aryl methyl sites for hydroxylation is 1. The van der Waals surface area contributed by atoms with Gasteiger partial charge < -0.3 is 10.5 Å². The topological polar surface area (TPSA) is 129 Å². The van der Waals surface area contributed by atoms with E-state index < -0.39 is 30.7 Å². The number of para-hydroxylation sites is 1. The lowest BCUT2D eigenvalue weighted by atomic mass is 9.85. The van der Waals surface area contributed by atoms with E-state index in [2.05, 4.69) is 27.2 Å². The quantitative estimate of drug-likeness (QED) is 0.299. The number of hydrogen-bond acceptors (Lipinski definition) is 7.